The monoisotopic (exact) mass is 1640 g/mol. The summed E-state index contributed by atoms with van der Waals surface area (Å²) in [7, 11) is 0. The molecule has 114 heavy (non-hydrogen) atoms. The number of hydrogen-bond acceptors (Lipinski definition) is 29. The molecule has 0 spiro atoms. The molecule has 1 unspecified atom stereocenters. The summed E-state index contributed by atoms with van der Waals surface area (Å²) in [5.74, 6) is 8.60. The van der Waals surface area contributed by atoms with Gasteiger partial charge in [-0.3, -0.25) is 19.9 Å². The van der Waals surface area contributed by atoms with E-state index in [4.69, 9.17) is 37.9 Å². The van der Waals surface area contributed by atoms with Crippen LogP contribution in [0.15, 0.2) is 190 Å². The summed E-state index contributed by atoms with van der Waals surface area (Å²) in [6.07, 6.45) is 21.8. The van der Waals surface area contributed by atoms with E-state index in [2.05, 4.69) is 144 Å². The second-order valence-electron chi connectivity index (χ2n) is 25.6. The van der Waals surface area contributed by atoms with Crippen LogP contribution in [-0.2, 0) is 0 Å². The molecule has 0 saturated carbocycles. The number of rotatable bonds is 19. The molecule has 28 nitrogen and oxygen atoms in total. The van der Waals surface area contributed by atoms with Gasteiger partial charge in [-0.15, -0.1) is 0 Å². The molecule has 2 atom stereocenters. The lowest BCUT2D eigenvalue weighted by atomic mass is 10.0. The van der Waals surface area contributed by atoms with Gasteiger partial charge in [0.25, 0.3) is 23.5 Å². The highest BCUT2D eigenvalue weighted by Gasteiger charge is 2.24. The van der Waals surface area contributed by atoms with Gasteiger partial charge in [-0.25, -0.2) is 59.8 Å². The number of pyridine rings is 8. The van der Waals surface area contributed by atoms with Crippen LogP contribution in [0.25, 0.3) is 50.6 Å². The molecule has 0 aliphatic carbocycles. The first kappa shape index (κ1) is 84.2. The fourth-order valence-electron chi connectivity index (χ4n) is 11.2. The molecule has 16 rings (SSSR count). The molecule has 12 aromatic rings. The maximum absolute atomic E-state index is 10.2. The summed E-state index contributed by atoms with van der Waals surface area (Å²) < 4.78 is 55.6. The lowest BCUT2D eigenvalue weighted by molar-refractivity contribution is 0.162. The van der Waals surface area contributed by atoms with Crippen molar-refractivity contribution in [3.63, 3.8) is 0 Å². The van der Waals surface area contributed by atoms with Crippen LogP contribution < -0.4 is 59.2 Å². The first-order chi connectivity index (χ1) is 55.0. The van der Waals surface area contributed by atoms with E-state index in [0.29, 0.717) is 114 Å². The van der Waals surface area contributed by atoms with E-state index in [-0.39, 0.29) is 37.5 Å². The molecule has 0 bridgehead atoms. The van der Waals surface area contributed by atoms with E-state index in [1.165, 1.54) is 18.9 Å². The van der Waals surface area contributed by atoms with E-state index in [9.17, 15) is 3.89 Å². The zero-order chi connectivity index (χ0) is 79.3. The third kappa shape index (κ3) is 24.4. The molecule has 16 heterocycles. The Labute approximate surface area is 680 Å². The van der Waals surface area contributed by atoms with Crippen molar-refractivity contribution in [2.24, 2.45) is 0 Å². The SMILES string of the molecule is C=C(Br)CNc1cc(-c2ccc(C)nc2)ncn1.C=C(CNc1cc(-c2ccc(C)nc2)ncn1)c1ccnc2c1OCCO2.CSF.Cc1ccc(-c2cc(NCC(C)c3ccnc4c3OCCO4)ncn2)cn1.Cc1ccc(-c2cc(NC[C@@H](C)c3ccnc4c3OCCO4)ncn2)cn1.Cc1ccnc2c1OCCO2.S. The summed E-state index contributed by atoms with van der Waals surface area (Å²) in [5.41, 5.74) is 16.1. The Hall–Kier alpha value is -12.3. The van der Waals surface area contributed by atoms with Crippen molar-refractivity contribution in [3.8, 4) is 91.5 Å². The fraction of sp³-hybridized carbons (Fsp3) is 0.268. The fourth-order valence-corrected chi connectivity index (χ4v) is 11.3. The third-order valence-corrected chi connectivity index (χ3v) is 17.4. The van der Waals surface area contributed by atoms with Crippen molar-refractivity contribution < 1.29 is 41.8 Å². The Morgan fingerprint density at radius 3 is 1.05 bits per heavy atom. The number of nitrogens with one attached hydrogen (secondary N) is 4. The first-order valence-corrected chi connectivity index (χ1v) is 38.0. The van der Waals surface area contributed by atoms with Crippen molar-refractivity contribution in [2.45, 2.75) is 60.3 Å². The second-order valence-corrected chi connectivity index (χ2v) is 27.0. The second kappa shape index (κ2) is 42.9. The highest BCUT2D eigenvalue weighted by atomic mass is 79.9. The smallest absolute Gasteiger partial charge is 0.257 e. The van der Waals surface area contributed by atoms with Crippen LogP contribution in [-0.4, -0.2) is 165 Å². The molecule has 4 aliphatic rings. The molecule has 0 fully saturated rings. The van der Waals surface area contributed by atoms with Crippen molar-refractivity contribution in [2.75, 3.05) is 107 Å². The van der Waals surface area contributed by atoms with Gasteiger partial charge in [-0.05, 0) is 119 Å². The van der Waals surface area contributed by atoms with Gasteiger partial charge in [0.1, 0.15) is 101 Å². The summed E-state index contributed by atoms with van der Waals surface area (Å²) in [6, 6.07) is 31.3. The zero-order valence-corrected chi connectivity index (χ0v) is 67.7. The predicted molar refractivity (Wildman–Crippen MR) is 449 cm³/mol. The van der Waals surface area contributed by atoms with Crippen LogP contribution in [0, 0.1) is 34.6 Å². The van der Waals surface area contributed by atoms with E-state index >= 15 is 0 Å². The Morgan fingerprint density at radius 2 is 0.702 bits per heavy atom. The number of anilines is 4. The Morgan fingerprint density at radius 1 is 0.395 bits per heavy atom. The quantitative estimate of drug-likeness (QED) is 0.0584. The zero-order valence-electron chi connectivity index (χ0n) is 64.3. The number of aryl methyl sites for hydroxylation is 5. The van der Waals surface area contributed by atoms with Gasteiger partial charge < -0.3 is 59.2 Å². The molecule has 0 aromatic carbocycles. The lowest BCUT2D eigenvalue weighted by Gasteiger charge is -2.22. The first-order valence-electron chi connectivity index (χ1n) is 36.1. The van der Waals surface area contributed by atoms with Gasteiger partial charge in [-0.2, -0.15) is 17.4 Å². The van der Waals surface area contributed by atoms with Crippen LogP contribution in [0.2, 0.25) is 0 Å². The number of halogens is 2. The maximum atomic E-state index is 10.2. The molecule has 590 valence electrons. The van der Waals surface area contributed by atoms with E-state index in [1.807, 2.05) is 150 Å². The van der Waals surface area contributed by atoms with Crippen molar-refractivity contribution in [1.82, 2.24) is 79.7 Å². The van der Waals surface area contributed by atoms with Gasteiger partial charge in [0, 0.05) is 196 Å². The minimum atomic E-state index is 0. The van der Waals surface area contributed by atoms with Crippen molar-refractivity contribution >= 4 is 70.4 Å². The minimum absolute atomic E-state index is 0. The van der Waals surface area contributed by atoms with E-state index in [0.717, 1.165) is 135 Å². The molecule has 4 aliphatic heterocycles. The van der Waals surface area contributed by atoms with E-state index < -0.39 is 0 Å². The summed E-state index contributed by atoms with van der Waals surface area (Å²) >= 11 is 3.54. The van der Waals surface area contributed by atoms with Crippen LogP contribution in [0.3, 0.4) is 0 Å². The van der Waals surface area contributed by atoms with Gasteiger partial charge in [-0.1, -0.05) is 42.9 Å². The van der Waals surface area contributed by atoms with Gasteiger partial charge in [0.05, 0.1) is 22.8 Å². The molecule has 4 N–H and O–H groups in total. The third-order valence-electron chi connectivity index (χ3n) is 17.1. The standard InChI is InChI=1S/2C20H21N5O2.C20H19N5O2.C13H13BrN4.C8H9NO2.CH3FS.H2S/c3*1-13(16-5-6-21-20-19(16)26-7-8-27-20)10-23-18-9-17(24-12-25-18)15-4-3-14(2)22-11-15;1-9(14)6-16-13-5-12(17-8-18-13)11-4-3-10(2)15-7-11;1-6-2-3-9-8-7(6)10-4-5-11-8;1-3-2;/h2*3-6,9,11-13H,7-8,10H2,1-2H3,(H,23,24,25);3-6,9,11-12H,1,7-8,10H2,2H3,(H,23,24,25);3-5,7-8H,1,6H2,2H3,(H,16,17,18);2-3H,4-5H2,1H3;1H3;1H2/t13-;;;;;;/m1....../s1. The topological polar surface area (TPSA) is 328 Å². The molecule has 0 saturated heterocycles. The van der Waals surface area contributed by atoms with Crippen LogP contribution >= 0.6 is 41.6 Å². The number of hydrogen-bond donors (Lipinski definition) is 4. The van der Waals surface area contributed by atoms with Crippen LogP contribution in [0.5, 0.6) is 46.5 Å². The van der Waals surface area contributed by atoms with Gasteiger partial charge in [0.2, 0.25) is 0 Å². The number of ether oxygens (including phenoxy) is 8. The molecule has 12 aromatic heterocycles. The average Bonchev–Trinajstić information content (AvgIpc) is 0.817. The average molecular weight is 1640 g/mol. The highest BCUT2D eigenvalue weighted by Crippen LogP contribution is 2.39. The predicted octanol–water partition coefficient (Wildman–Crippen LogP) is 15.3. The Balaban J connectivity index is 0.000000153. The van der Waals surface area contributed by atoms with Crippen LogP contribution in [0.4, 0.5) is 27.2 Å². The molecule has 0 amide bonds. The van der Waals surface area contributed by atoms with Crippen LogP contribution in [0.1, 0.15) is 70.7 Å². The Bertz CT molecular complexity index is 4960. The van der Waals surface area contributed by atoms with Crippen molar-refractivity contribution in [1.29, 1.82) is 0 Å². The Kier molecular flexibility index (Phi) is 31.7. The maximum Gasteiger partial charge on any atom is 0.257 e. The largest absolute Gasteiger partial charge is 0.484 e. The lowest BCUT2D eigenvalue weighted by Crippen LogP contribution is -2.19. The summed E-state index contributed by atoms with van der Waals surface area (Å²) in [6.45, 7) is 28.9. The molecular formula is C82H88BrFN20O8S2. The van der Waals surface area contributed by atoms with Gasteiger partial charge in [0.15, 0.2) is 23.0 Å². The molecular weight excluding hydrogens is 1560 g/mol. The van der Waals surface area contributed by atoms with E-state index in [1.54, 1.807) is 43.6 Å². The molecule has 32 heteroatoms. The van der Waals surface area contributed by atoms with Gasteiger partial charge >= 0.3 is 0 Å². The highest BCUT2D eigenvalue weighted by molar-refractivity contribution is 9.11. The molecule has 0 radical (unpaired) electrons. The minimum Gasteiger partial charge on any atom is -0.484 e. The summed E-state index contributed by atoms with van der Waals surface area (Å²) in [4.78, 5) is 68.3. The number of fused-ring (bicyclic) bond motifs is 4. The number of nitrogens with zero attached hydrogens (tertiary/aromatic N) is 16. The normalized spacial score (nSPS) is 12.7. The number of aromatic nitrogens is 16. The van der Waals surface area contributed by atoms with Crippen molar-refractivity contribution in [3.05, 3.63) is 235 Å². The summed E-state index contributed by atoms with van der Waals surface area (Å²) in [5, 5.41) is 13.2.